The van der Waals surface area contributed by atoms with Gasteiger partial charge >= 0.3 is 0 Å². The van der Waals surface area contributed by atoms with Crippen molar-refractivity contribution in [2.24, 2.45) is 0 Å². The van der Waals surface area contributed by atoms with Crippen LogP contribution in [-0.2, 0) is 11.2 Å². The third-order valence-electron chi connectivity index (χ3n) is 2.48. The van der Waals surface area contributed by atoms with Crippen LogP contribution < -0.4 is 5.32 Å². The minimum Gasteiger partial charge on any atom is -0.323 e. The summed E-state index contributed by atoms with van der Waals surface area (Å²) in [5.41, 5.74) is 1.02. The zero-order valence-electron chi connectivity index (χ0n) is 9.79. The maximum atomic E-state index is 13.6. The van der Waals surface area contributed by atoms with Crippen molar-refractivity contribution in [2.45, 2.75) is 6.42 Å². The highest BCUT2D eigenvalue weighted by molar-refractivity contribution is 14.1. The number of benzene rings is 2. The fourth-order valence-electron chi connectivity index (χ4n) is 1.57. The summed E-state index contributed by atoms with van der Waals surface area (Å²) in [4.78, 5) is 11.8. The Morgan fingerprint density at radius 2 is 1.89 bits per heavy atom. The van der Waals surface area contributed by atoms with Crippen LogP contribution in [0.5, 0.6) is 0 Å². The number of halogens is 3. The first kappa shape index (κ1) is 14.3. The van der Waals surface area contributed by atoms with Gasteiger partial charge in [0.1, 0.15) is 5.82 Å². The highest BCUT2D eigenvalue weighted by atomic mass is 127. The molecular weight excluding hydrogens is 380 g/mol. The number of amides is 1. The van der Waals surface area contributed by atoms with Crippen LogP contribution in [0.15, 0.2) is 42.5 Å². The van der Waals surface area contributed by atoms with Gasteiger partial charge in [-0.2, -0.15) is 0 Å². The maximum Gasteiger partial charge on any atom is 0.228 e. The van der Waals surface area contributed by atoms with Gasteiger partial charge in [-0.1, -0.05) is 23.7 Å². The van der Waals surface area contributed by atoms with E-state index in [0.29, 0.717) is 5.02 Å². The third-order valence-corrected chi connectivity index (χ3v) is 3.41. The van der Waals surface area contributed by atoms with Crippen molar-refractivity contribution >= 4 is 45.8 Å². The van der Waals surface area contributed by atoms with E-state index in [1.807, 2.05) is 22.6 Å². The Hall–Kier alpha value is -1.14. The Kier molecular flexibility index (Phi) is 4.76. The smallest absolute Gasteiger partial charge is 0.228 e. The number of hydrogen-bond donors (Lipinski definition) is 1. The SMILES string of the molecule is O=C(Cc1ccc(Cl)cc1)Nc1ccc(I)cc1F. The largest absolute Gasteiger partial charge is 0.323 e. The molecule has 0 radical (unpaired) electrons. The highest BCUT2D eigenvalue weighted by Gasteiger charge is 2.08. The second kappa shape index (κ2) is 6.34. The lowest BCUT2D eigenvalue weighted by atomic mass is 10.1. The maximum absolute atomic E-state index is 13.6. The minimum absolute atomic E-state index is 0.183. The fraction of sp³-hybridized carbons (Fsp3) is 0.0714. The number of hydrogen-bond acceptors (Lipinski definition) is 1. The van der Waals surface area contributed by atoms with Crippen molar-refractivity contribution in [2.75, 3.05) is 5.32 Å². The van der Waals surface area contributed by atoms with Crippen LogP contribution >= 0.6 is 34.2 Å². The molecule has 2 nitrogen and oxygen atoms in total. The van der Waals surface area contributed by atoms with E-state index >= 15 is 0 Å². The van der Waals surface area contributed by atoms with Gasteiger partial charge in [0.2, 0.25) is 5.91 Å². The van der Waals surface area contributed by atoms with Gasteiger partial charge in [-0.05, 0) is 58.5 Å². The molecule has 0 saturated heterocycles. The number of nitrogens with one attached hydrogen (secondary N) is 1. The summed E-state index contributed by atoms with van der Waals surface area (Å²) in [6.45, 7) is 0. The molecule has 0 spiro atoms. The van der Waals surface area contributed by atoms with E-state index < -0.39 is 5.82 Å². The van der Waals surface area contributed by atoms with Crippen LogP contribution in [0, 0.1) is 9.39 Å². The predicted octanol–water partition coefficient (Wildman–Crippen LogP) is 4.26. The Morgan fingerprint density at radius 3 is 2.53 bits per heavy atom. The molecule has 0 unspecified atom stereocenters. The van der Waals surface area contributed by atoms with Crippen molar-refractivity contribution in [3.63, 3.8) is 0 Å². The normalized spacial score (nSPS) is 10.3. The molecule has 98 valence electrons. The van der Waals surface area contributed by atoms with Gasteiger partial charge in [-0.25, -0.2) is 4.39 Å². The lowest BCUT2D eigenvalue weighted by molar-refractivity contribution is -0.115. The van der Waals surface area contributed by atoms with E-state index in [2.05, 4.69) is 5.32 Å². The Morgan fingerprint density at radius 1 is 1.21 bits per heavy atom. The molecule has 0 heterocycles. The summed E-state index contributed by atoms with van der Waals surface area (Å²) in [6.07, 6.45) is 0.183. The standard InChI is InChI=1S/C14H10ClFINO/c15-10-3-1-9(2-4-10)7-14(19)18-13-6-5-11(17)8-12(13)16/h1-6,8H,7H2,(H,18,19). The monoisotopic (exact) mass is 389 g/mol. The summed E-state index contributed by atoms with van der Waals surface area (Å²) < 4.78 is 14.3. The van der Waals surface area contributed by atoms with E-state index in [1.165, 1.54) is 6.07 Å². The van der Waals surface area contributed by atoms with Crippen LogP contribution in [-0.4, -0.2) is 5.91 Å². The predicted molar refractivity (Wildman–Crippen MR) is 82.9 cm³/mol. The lowest BCUT2D eigenvalue weighted by Crippen LogP contribution is -2.15. The molecule has 2 aromatic rings. The highest BCUT2D eigenvalue weighted by Crippen LogP contribution is 2.17. The molecule has 0 aliphatic rings. The number of anilines is 1. The fourth-order valence-corrected chi connectivity index (χ4v) is 2.15. The van der Waals surface area contributed by atoms with Crippen LogP contribution in [0.1, 0.15) is 5.56 Å². The van der Waals surface area contributed by atoms with Gasteiger partial charge in [-0.15, -0.1) is 0 Å². The summed E-state index contributed by atoms with van der Waals surface area (Å²) in [7, 11) is 0. The van der Waals surface area contributed by atoms with Gasteiger partial charge in [0, 0.05) is 8.59 Å². The summed E-state index contributed by atoms with van der Waals surface area (Å²) in [5.74, 6) is -0.696. The third kappa shape index (κ3) is 4.18. The Bertz CT molecular complexity index is 601. The molecule has 1 amide bonds. The Labute approximate surface area is 129 Å². The van der Waals surface area contributed by atoms with Gasteiger partial charge in [0.05, 0.1) is 12.1 Å². The molecule has 1 N–H and O–H groups in total. The van der Waals surface area contributed by atoms with Gasteiger partial charge in [0.25, 0.3) is 0 Å². The second-order valence-corrected chi connectivity index (χ2v) is 5.66. The average Bonchev–Trinajstić information content (AvgIpc) is 2.36. The molecule has 2 aromatic carbocycles. The van der Waals surface area contributed by atoms with Crippen LogP contribution in [0.4, 0.5) is 10.1 Å². The molecule has 0 aliphatic heterocycles. The first-order valence-electron chi connectivity index (χ1n) is 5.54. The molecule has 0 atom stereocenters. The number of rotatable bonds is 3. The molecule has 5 heteroatoms. The average molecular weight is 390 g/mol. The molecule has 0 fully saturated rings. The number of carbonyl (C=O) groups is 1. The van der Waals surface area contributed by atoms with Crippen LogP contribution in [0.3, 0.4) is 0 Å². The zero-order chi connectivity index (χ0) is 13.8. The number of carbonyl (C=O) groups excluding carboxylic acids is 1. The lowest BCUT2D eigenvalue weighted by Gasteiger charge is -2.07. The molecular formula is C14H10ClFINO. The van der Waals surface area contributed by atoms with E-state index in [9.17, 15) is 9.18 Å². The summed E-state index contributed by atoms with van der Waals surface area (Å²) in [6, 6.07) is 11.6. The first-order valence-corrected chi connectivity index (χ1v) is 6.99. The van der Waals surface area contributed by atoms with Crippen LogP contribution in [0.2, 0.25) is 5.02 Å². The van der Waals surface area contributed by atoms with E-state index in [4.69, 9.17) is 11.6 Å². The summed E-state index contributed by atoms with van der Waals surface area (Å²) in [5, 5.41) is 3.17. The zero-order valence-corrected chi connectivity index (χ0v) is 12.7. The molecule has 0 aromatic heterocycles. The van der Waals surface area contributed by atoms with Crippen molar-refractivity contribution in [3.8, 4) is 0 Å². The van der Waals surface area contributed by atoms with Crippen molar-refractivity contribution in [1.82, 2.24) is 0 Å². The van der Waals surface area contributed by atoms with Crippen molar-refractivity contribution in [3.05, 3.63) is 62.4 Å². The van der Waals surface area contributed by atoms with E-state index in [-0.39, 0.29) is 18.0 Å². The molecule has 19 heavy (non-hydrogen) atoms. The quantitative estimate of drug-likeness (QED) is 0.781. The molecule has 0 aliphatic carbocycles. The second-order valence-electron chi connectivity index (χ2n) is 3.98. The topological polar surface area (TPSA) is 29.1 Å². The van der Waals surface area contributed by atoms with E-state index in [1.54, 1.807) is 36.4 Å². The van der Waals surface area contributed by atoms with Gasteiger partial charge in [0.15, 0.2) is 0 Å². The Balaban J connectivity index is 2.03. The van der Waals surface area contributed by atoms with Gasteiger partial charge < -0.3 is 5.32 Å². The van der Waals surface area contributed by atoms with E-state index in [0.717, 1.165) is 9.13 Å². The molecule has 0 bridgehead atoms. The van der Waals surface area contributed by atoms with Crippen LogP contribution in [0.25, 0.3) is 0 Å². The minimum atomic E-state index is -0.434. The van der Waals surface area contributed by atoms with Crippen molar-refractivity contribution < 1.29 is 9.18 Å². The molecule has 0 saturated carbocycles. The molecule has 2 rings (SSSR count). The van der Waals surface area contributed by atoms with Gasteiger partial charge in [-0.3, -0.25) is 4.79 Å². The first-order chi connectivity index (χ1) is 9.04. The van der Waals surface area contributed by atoms with Crippen molar-refractivity contribution in [1.29, 1.82) is 0 Å². The summed E-state index contributed by atoms with van der Waals surface area (Å²) >= 11 is 7.77.